The molecule has 1 aromatic carbocycles. The van der Waals surface area contributed by atoms with Crippen LogP contribution in [0, 0.1) is 5.82 Å². The Balaban J connectivity index is 1.91. The van der Waals surface area contributed by atoms with Crippen LogP contribution in [0.1, 0.15) is 30.9 Å². The van der Waals surface area contributed by atoms with Crippen LogP contribution in [0.25, 0.3) is 0 Å². The molecule has 0 saturated carbocycles. The Morgan fingerprint density at radius 3 is 2.63 bits per heavy atom. The van der Waals surface area contributed by atoms with E-state index in [1.807, 2.05) is 36.5 Å². The van der Waals surface area contributed by atoms with Crippen molar-refractivity contribution >= 4 is 5.82 Å². The molecule has 0 amide bonds. The standard InChI is InChI=1S/C16H17FN2/c17-14-9-7-13(8-10-14)15-5-2-4-12-19(15)16-6-1-3-11-18-16/h1,3,6-11,15H,2,4-5,12H2. The average molecular weight is 256 g/mol. The van der Waals surface area contributed by atoms with Gasteiger partial charge in [0.15, 0.2) is 0 Å². The van der Waals surface area contributed by atoms with Crippen molar-refractivity contribution in [3.63, 3.8) is 0 Å². The van der Waals surface area contributed by atoms with Gasteiger partial charge in [0, 0.05) is 12.7 Å². The molecule has 3 heteroatoms. The second-order valence-electron chi connectivity index (χ2n) is 4.94. The van der Waals surface area contributed by atoms with Gasteiger partial charge in [-0.15, -0.1) is 0 Å². The fourth-order valence-electron chi connectivity index (χ4n) is 2.76. The molecule has 2 aromatic rings. The van der Waals surface area contributed by atoms with Gasteiger partial charge in [0.1, 0.15) is 11.6 Å². The number of hydrogen-bond acceptors (Lipinski definition) is 2. The quantitative estimate of drug-likeness (QED) is 0.808. The molecule has 0 N–H and O–H groups in total. The summed E-state index contributed by atoms with van der Waals surface area (Å²) in [5.74, 6) is 0.834. The van der Waals surface area contributed by atoms with Crippen LogP contribution in [0.5, 0.6) is 0 Å². The Kier molecular flexibility index (Phi) is 3.45. The lowest BCUT2D eigenvalue weighted by molar-refractivity contribution is 0.469. The molecule has 0 aliphatic carbocycles. The number of hydrogen-bond donors (Lipinski definition) is 0. The van der Waals surface area contributed by atoms with E-state index >= 15 is 0 Å². The van der Waals surface area contributed by atoms with Crippen LogP contribution in [0.3, 0.4) is 0 Å². The molecule has 2 heterocycles. The van der Waals surface area contributed by atoms with Gasteiger partial charge in [-0.25, -0.2) is 9.37 Å². The van der Waals surface area contributed by atoms with Gasteiger partial charge < -0.3 is 4.90 Å². The zero-order valence-corrected chi connectivity index (χ0v) is 10.8. The summed E-state index contributed by atoms with van der Waals surface area (Å²) in [6.45, 7) is 1.01. The summed E-state index contributed by atoms with van der Waals surface area (Å²) in [7, 11) is 0. The normalized spacial score (nSPS) is 19.4. The molecule has 1 saturated heterocycles. The van der Waals surface area contributed by atoms with Crippen LogP contribution in [0.4, 0.5) is 10.2 Å². The lowest BCUT2D eigenvalue weighted by Gasteiger charge is -2.37. The van der Waals surface area contributed by atoms with Crippen molar-refractivity contribution < 1.29 is 4.39 Å². The first-order valence-electron chi connectivity index (χ1n) is 6.78. The van der Waals surface area contributed by atoms with Crippen molar-refractivity contribution in [2.24, 2.45) is 0 Å². The monoisotopic (exact) mass is 256 g/mol. The maximum Gasteiger partial charge on any atom is 0.128 e. The highest BCUT2D eigenvalue weighted by atomic mass is 19.1. The van der Waals surface area contributed by atoms with E-state index in [9.17, 15) is 4.39 Å². The van der Waals surface area contributed by atoms with Gasteiger partial charge in [-0.2, -0.15) is 0 Å². The van der Waals surface area contributed by atoms with Crippen LogP contribution in [0.2, 0.25) is 0 Å². The van der Waals surface area contributed by atoms with Crippen LogP contribution in [-0.4, -0.2) is 11.5 Å². The van der Waals surface area contributed by atoms with Crippen LogP contribution >= 0.6 is 0 Å². The van der Waals surface area contributed by atoms with Crippen molar-refractivity contribution in [1.29, 1.82) is 0 Å². The number of benzene rings is 1. The SMILES string of the molecule is Fc1ccc(C2CCCCN2c2ccccn2)cc1. The number of nitrogens with zero attached hydrogens (tertiary/aromatic N) is 2. The minimum Gasteiger partial charge on any atom is -0.350 e. The molecule has 2 nitrogen and oxygen atoms in total. The lowest BCUT2D eigenvalue weighted by Crippen LogP contribution is -2.33. The molecule has 3 rings (SSSR count). The minimum atomic E-state index is -0.177. The summed E-state index contributed by atoms with van der Waals surface area (Å²) in [6, 6.07) is 13.2. The Hall–Kier alpha value is -1.90. The maximum atomic E-state index is 13.0. The van der Waals surface area contributed by atoms with Crippen molar-refractivity contribution in [3.8, 4) is 0 Å². The van der Waals surface area contributed by atoms with Gasteiger partial charge in [-0.1, -0.05) is 18.2 Å². The Morgan fingerprint density at radius 2 is 1.89 bits per heavy atom. The third kappa shape index (κ3) is 2.60. The summed E-state index contributed by atoms with van der Waals surface area (Å²) in [5, 5.41) is 0. The summed E-state index contributed by atoms with van der Waals surface area (Å²) in [5.41, 5.74) is 1.17. The first-order chi connectivity index (χ1) is 9.34. The zero-order valence-electron chi connectivity index (χ0n) is 10.8. The second kappa shape index (κ2) is 5.39. The third-order valence-corrected chi connectivity index (χ3v) is 3.70. The lowest BCUT2D eigenvalue weighted by atomic mass is 9.95. The third-order valence-electron chi connectivity index (χ3n) is 3.70. The van der Waals surface area contributed by atoms with Crippen molar-refractivity contribution in [3.05, 3.63) is 60.0 Å². The van der Waals surface area contributed by atoms with Gasteiger partial charge in [0.05, 0.1) is 6.04 Å². The van der Waals surface area contributed by atoms with E-state index in [-0.39, 0.29) is 5.82 Å². The van der Waals surface area contributed by atoms with E-state index in [0.717, 1.165) is 18.8 Å². The molecule has 1 aliphatic heterocycles. The molecular weight excluding hydrogens is 239 g/mol. The van der Waals surface area contributed by atoms with Gasteiger partial charge in [-0.05, 0) is 49.1 Å². The Labute approximate surface area is 112 Å². The smallest absolute Gasteiger partial charge is 0.128 e. The van der Waals surface area contributed by atoms with E-state index < -0.39 is 0 Å². The highest BCUT2D eigenvalue weighted by Crippen LogP contribution is 2.33. The largest absolute Gasteiger partial charge is 0.350 e. The molecule has 0 spiro atoms. The summed E-state index contributed by atoms with van der Waals surface area (Å²) in [4.78, 5) is 6.78. The number of piperidine rings is 1. The zero-order chi connectivity index (χ0) is 13.1. The first kappa shape index (κ1) is 12.2. The molecule has 19 heavy (non-hydrogen) atoms. The van der Waals surface area contributed by atoms with Gasteiger partial charge >= 0.3 is 0 Å². The van der Waals surface area contributed by atoms with Crippen LogP contribution in [0.15, 0.2) is 48.7 Å². The highest BCUT2D eigenvalue weighted by molar-refractivity contribution is 5.42. The predicted molar refractivity (Wildman–Crippen MR) is 74.6 cm³/mol. The number of rotatable bonds is 2. The highest BCUT2D eigenvalue weighted by Gasteiger charge is 2.24. The van der Waals surface area contributed by atoms with Gasteiger partial charge in [0.25, 0.3) is 0 Å². The van der Waals surface area contributed by atoms with Crippen molar-refractivity contribution in [2.75, 3.05) is 11.4 Å². The van der Waals surface area contributed by atoms with E-state index in [2.05, 4.69) is 9.88 Å². The fourth-order valence-corrected chi connectivity index (χ4v) is 2.76. The van der Waals surface area contributed by atoms with E-state index in [1.165, 1.54) is 18.4 Å². The Morgan fingerprint density at radius 1 is 1.05 bits per heavy atom. The summed E-state index contributed by atoms with van der Waals surface area (Å²) < 4.78 is 13.0. The molecular formula is C16H17FN2. The van der Waals surface area contributed by atoms with Crippen molar-refractivity contribution in [1.82, 2.24) is 4.98 Å². The second-order valence-corrected chi connectivity index (χ2v) is 4.94. The molecule has 1 atom stereocenters. The molecule has 98 valence electrons. The van der Waals surface area contributed by atoms with Crippen molar-refractivity contribution in [2.45, 2.75) is 25.3 Å². The average Bonchev–Trinajstić information content (AvgIpc) is 2.49. The molecule has 1 unspecified atom stereocenters. The molecule has 1 fully saturated rings. The van der Waals surface area contributed by atoms with E-state index in [0.29, 0.717) is 6.04 Å². The predicted octanol–water partition coefficient (Wildman–Crippen LogP) is 3.95. The minimum absolute atomic E-state index is 0.177. The van der Waals surface area contributed by atoms with E-state index in [1.54, 1.807) is 12.1 Å². The number of pyridine rings is 1. The summed E-state index contributed by atoms with van der Waals surface area (Å²) >= 11 is 0. The number of aromatic nitrogens is 1. The first-order valence-corrected chi connectivity index (χ1v) is 6.78. The molecule has 0 radical (unpaired) electrons. The van der Waals surface area contributed by atoms with Gasteiger partial charge in [0.2, 0.25) is 0 Å². The number of anilines is 1. The summed E-state index contributed by atoms with van der Waals surface area (Å²) in [6.07, 6.45) is 5.33. The molecule has 1 aromatic heterocycles. The topological polar surface area (TPSA) is 16.1 Å². The molecule has 0 bridgehead atoms. The maximum absolute atomic E-state index is 13.0. The van der Waals surface area contributed by atoms with E-state index in [4.69, 9.17) is 0 Å². The fraction of sp³-hybridized carbons (Fsp3) is 0.312. The van der Waals surface area contributed by atoms with Crippen LogP contribution in [-0.2, 0) is 0 Å². The van der Waals surface area contributed by atoms with Gasteiger partial charge in [-0.3, -0.25) is 0 Å². The number of halogens is 1. The molecule has 1 aliphatic rings. The Bertz CT molecular complexity index is 524. The van der Waals surface area contributed by atoms with Crippen LogP contribution < -0.4 is 4.90 Å².